The predicted molar refractivity (Wildman–Crippen MR) is 67.1 cm³/mol. The van der Waals surface area contributed by atoms with Crippen molar-refractivity contribution < 1.29 is 33.6 Å². The summed E-state index contributed by atoms with van der Waals surface area (Å²) in [5, 5.41) is 7.89. The lowest BCUT2D eigenvalue weighted by Crippen LogP contribution is -2.41. The van der Waals surface area contributed by atoms with E-state index in [1.165, 1.54) is 35.2 Å². The van der Waals surface area contributed by atoms with E-state index in [0.717, 1.165) is 0 Å². The second-order valence-electron chi connectivity index (χ2n) is 3.37. The van der Waals surface area contributed by atoms with E-state index in [0.29, 0.717) is 0 Å². The number of carboxylic acids is 1. The van der Waals surface area contributed by atoms with Gasteiger partial charge in [-0.1, -0.05) is 13.2 Å². The van der Waals surface area contributed by atoms with Gasteiger partial charge in [0.2, 0.25) is 0 Å². The predicted octanol–water partition coefficient (Wildman–Crippen LogP) is 1.30. The van der Waals surface area contributed by atoms with Crippen molar-refractivity contribution in [1.29, 1.82) is 0 Å². The molecule has 0 saturated heterocycles. The Hall–Kier alpha value is -1.70. The number of methoxy groups -OCH3 is 3. The summed E-state index contributed by atoms with van der Waals surface area (Å²) in [5.74, 6) is -1.58. The normalized spacial score (nSPS) is 9.95. The van der Waals surface area contributed by atoms with Gasteiger partial charge in [0.15, 0.2) is 0 Å². The van der Waals surface area contributed by atoms with Crippen LogP contribution in [0.4, 0.5) is 0 Å². The molecule has 0 radical (unpaired) electrons. The minimum Gasteiger partial charge on any atom is -0.478 e. The molecule has 0 aliphatic rings. The summed E-state index contributed by atoms with van der Waals surface area (Å²) in [7, 11) is 3.87. The first-order valence-corrected chi connectivity index (χ1v) is 5.08. The number of esters is 1. The maximum atomic E-state index is 11.1. The third-order valence-electron chi connectivity index (χ3n) is 1.68. The second-order valence-corrected chi connectivity index (χ2v) is 3.37. The molecule has 0 atom stereocenters. The van der Waals surface area contributed by atoms with Crippen LogP contribution in [0.15, 0.2) is 24.3 Å². The van der Waals surface area contributed by atoms with Crippen molar-refractivity contribution in [3.63, 3.8) is 0 Å². The Morgan fingerprint density at radius 2 is 1.26 bits per heavy atom. The molecule has 19 heavy (non-hydrogen) atoms. The first-order valence-electron chi connectivity index (χ1n) is 5.08. The van der Waals surface area contributed by atoms with Crippen molar-refractivity contribution in [2.75, 3.05) is 21.3 Å². The van der Waals surface area contributed by atoms with Crippen LogP contribution in [0.2, 0.25) is 0 Å². The van der Waals surface area contributed by atoms with Crippen LogP contribution in [-0.2, 0) is 28.5 Å². The molecule has 7 heteroatoms. The third kappa shape index (κ3) is 8.09. The maximum absolute atomic E-state index is 11.1. The molecule has 0 fully saturated rings. The smallest absolute Gasteiger partial charge is 0.462 e. The van der Waals surface area contributed by atoms with Crippen molar-refractivity contribution in [2.24, 2.45) is 0 Å². The molecule has 0 aliphatic carbocycles. The fourth-order valence-corrected chi connectivity index (χ4v) is 0.576. The lowest BCUT2D eigenvalue weighted by atomic mass is 10.4. The molecule has 7 nitrogen and oxygen atoms in total. The molecule has 110 valence electrons. The van der Waals surface area contributed by atoms with Gasteiger partial charge < -0.3 is 9.84 Å². The van der Waals surface area contributed by atoms with E-state index < -0.39 is 18.1 Å². The van der Waals surface area contributed by atoms with E-state index in [4.69, 9.17) is 24.1 Å². The van der Waals surface area contributed by atoms with Crippen molar-refractivity contribution in [3.8, 4) is 0 Å². The topological polar surface area (TPSA) is 91.3 Å². The summed E-state index contributed by atoms with van der Waals surface area (Å²) in [4.78, 5) is 20.7. The molecular weight excluding hydrogens is 256 g/mol. The number of carbonyl (C=O) groups is 2. The van der Waals surface area contributed by atoms with Crippen LogP contribution in [0, 0.1) is 0 Å². The SMILES string of the molecule is C=C(C)C(=O)O.C=C(C)C(=O)OC(OC)(OC)OC. The number of carbonyl (C=O) groups excluding carboxylic acids is 1. The molecule has 0 aliphatic heterocycles. The number of ether oxygens (including phenoxy) is 4. The minimum absolute atomic E-state index is 0.176. The van der Waals surface area contributed by atoms with Gasteiger partial charge in [-0.15, -0.1) is 0 Å². The standard InChI is InChI=1S/C8H14O5.C4H6O2/c1-6(2)7(9)13-8(10-3,11-4)12-5;1-3(2)4(5)6/h1H2,2-5H3;1H2,2H3,(H,5,6). The van der Waals surface area contributed by atoms with Crippen molar-refractivity contribution in [3.05, 3.63) is 24.3 Å². The fourth-order valence-electron chi connectivity index (χ4n) is 0.576. The number of rotatable bonds is 6. The zero-order chi connectivity index (χ0) is 15.6. The molecule has 0 saturated carbocycles. The first kappa shape index (κ1) is 19.6. The Morgan fingerprint density at radius 1 is 0.947 bits per heavy atom. The Kier molecular flexibility index (Phi) is 9.57. The highest BCUT2D eigenvalue weighted by Gasteiger charge is 2.35. The summed E-state index contributed by atoms with van der Waals surface area (Å²) in [5.41, 5.74) is 0.408. The van der Waals surface area contributed by atoms with Gasteiger partial charge in [0.1, 0.15) is 0 Å². The Balaban J connectivity index is 0. The van der Waals surface area contributed by atoms with Crippen molar-refractivity contribution in [2.45, 2.75) is 20.0 Å². The largest absolute Gasteiger partial charge is 0.478 e. The van der Waals surface area contributed by atoms with E-state index in [9.17, 15) is 9.59 Å². The van der Waals surface area contributed by atoms with Crippen LogP contribution in [0.1, 0.15) is 13.8 Å². The van der Waals surface area contributed by atoms with Gasteiger partial charge in [-0.3, -0.25) is 14.2 Å². The highest BCUT2D eigenvalue weighted by Crippen LogP contribution is 2.15. The van der Waals surface area contributed by atoms with Crippen LogP contribution in [0.3, 0.4) is 0 Å². The zero-order valence-electron chi connectivity index (χ0n) is 11.8. The average Bonchev–Trinajstić information content (AvgIpc) is 2.36. The maximum Gasteiger partial charge on any atom is 0.462 e. The van der Waals surface area contributed by atoms with E-state index in [-0.39, 0.29) is 11.1 Å². The van der Waals surface area contributed by atoms with Gasteiger partial charge in [-0.25, -0.2) is 9.59 Å². The minimum atomic E-state index is -1.78. The third-order valence-corrected chi connectivity index (χ3v) is 1.68. The van der Waals surface area contributed by atoms with E-state index in [1.54, 1.807) is 0 Å². The van der Waals surface area contributed by atoms with Gasteiger partial charge in [-0.2, -0.15) is 0 Å². The highest BCUT2D eigenvalue weighted by atomic mass is 17.0. The molecule has 0 aromatic heterocycles. The zero-order valence-corrected chi connectivity index (χ0v) is 11.8. The molecule has 0 aromatic rings. The van der Waals surface area contributed by atoms with Crippen molar-refractivity contribution >= 4 is 11.9 Å². The summed E-state index contributed by atoms with van der Waals surface area (Å²) in [6.45, 7) is 9.51. The van der Waals surface area contributed by atoms with Crippen LogP contribution >= 0.6 is 0 Å². The van der Waals surface area contributed by atoms with Gasteiger partial charge in [0, 0.05) is 32.5 Å². The summed E-state index contributed by atoms with van der Waals surface area (Å²) in [6, 6.07) is 0. The quantitative estimate of drug-likeness (QED) is 0.444. The van der Waals surface area contributed by atoms with Crippen LogP contribution < -0.4 is 0 Å². The lowest BCUT2D eigenvalue weighted by molar-refractivity contribution is -0.461. The molecule has 0 unspecified atom stereocenters. The molecule has 0 amide bonds. The van der Waals surface area contributed by atoms with E-state index in [2.05, 4.69) is 13.2 Å². The summed E-state index contributed by atoms with van der Waals surface area (Å²) in [6.07, 6.45) is -1.78. The van der Waals surface area contributed by atoms with Gasteiger partial charge in [-0.05, 0) is 13.8 Å². The molecule has 0 heterocycles. The van der Waals surface area contributed by atoms with Crippen LogP contribution in [0.25, 0.3) is 0 Å². The molecule has 0 bridgehead atoms. The van der Waals surface area contributed by atoms with E-state index >= 15 is 0 Å². The van der Waals surface area contributed by atoms with Crippen LogP contribution in [-0.4, -0.2) is 44.5 Å². The Labute approximate surface area is 112 Å². The summed E-state index contributed by atoms with van der Waals surface area (Å²) < 4.78 is 18.9. The van der Waals surface area contributed by atoms with Gasteiger partial charge in [0.25, 0.3) is 0 Å². The molecule has 0 aromatic carbocycles. The van der Waals surface area contributed by atoms with E-state index in [1.807, 2.05) is 0 Å². The second kappa shape index (κ2) is 9.26. The molecule has 0 rings (SSSR count). The lowest BCUT2D eigenvalue weighted by Gasteiger charge is -2.26. The number of aliphatic carboxylic acids is 1. The fraction of sp³-hybridized carbons (Fsp3) is 0.500. The van der Waals surface area contributed by atoms with Crippen molar-refractivity contribution in [1.82, 2.24) is 0 Å². The number of hydrogen-bond donors (Lipinski definition) is 1. The molecule has 0 spiro atoms. The van der Waals surface area contributed by atoms with Gasteiger partial charge >= 0.3 is 18.1 Å². The molecule has 1 N–H and O–H groups in total. The Bertz CT molecular complexity index is 322. The van der Waals surface area contributed by atoms with Crippen LogP contribution in [0.5, 0.6) is 0 Å². The molecular formula is C12H20O7. The average molecular weight is 276 g/mol. The highest BCUT2D eigenvalue weighted by molar-refractivity contribution is 5.87. The number of hydrogen-bond acceptors (Lipinski definition) is 6. The Morgan fingerprint density at radius 3 is 1.42 bits per heavy atom. The van der Waals surface area contributed by atoms with Gasteiger partial charge in [0.05, 0.1) is 0 Å². The first-order chi connectivity index (χ1) is 8.65. The summed E-state index contributed by atoms with van der Waals surface area (Å²) >= 11 is 0. The number of carboxylic acid groups (broad SMARTS) is 1. The monoisotopic (exact) mass is 276 g/mol.